The highest BCUT2D eigenvalue weighted by Gasteiger charge is 2.14. The van der Waals surface area contributed by atoms with Crippen LogP contribution in [0.5, 0.6) is 11.5 Å². The van der Waals surface area contributed by atoms with Gasteiger partial charge in [-0.2, -0.15) is 0 Å². The molecule has 3 aromatic carbocycles. The summed E-state index contributed by atoms with van der Waals surface area (Å²) in [6.45, 7) is 4.50. The van der Waals surface area contributed by atoms with Crippen molar-refractivity contribution < 1.29 is 19.1 Å². The lowest BCUT2D eigenvalue weighted by Gasteiger charge is -2.14. The van der Waals surface area contributed by atoms with Crippen molar-refractivity contribution in [1.29, 1.82) is 0 Å². The van der Waals surface area contributed by atoms with Gasteiger partial charge in [0.1, 0.15) is 11.5 Å². The molecule has 0 aliphatic carbocycles. The molecular formula is C25H27N3O4S. The maximum atomic E-state index is 12.6. The highest BCUT2D eigenvalue weighted by Crippen LogP contribution is 2.25. The summed E-state index contributed by atoms with van der Waals surface area (Å²) >= 11 is 5.12. The molecular weight excluding hydrogens is 438 g/mol. The van der Waals surface area contributed by atoms with E-state index in [2.05, 4.69) is 30.0 Å². The van der Waals surface area contributed by atoms with Crippen LogP contribution in [-0.4, -0.2) is 30.1 Å². The van der Waals surface area contributed by atoms with Crippen LogP contribution in [0.2, 0.25) is 0 Å². The SMILES string of the molecule is CC(C)CCOc1ccccc1C(=O)NC(=S)NNC(=O)COc1cccc2ccccc12. The Balaban J connectivity index is 1.47. The number of hydrogen-bond acceptors (Lipinski definition) is 5. The number of fused-ring (bicyclic) bond motifs is 1. The topological polar surface area (TPSA) is 88.7 Å². The molecule has 0 aliphatic heterocycles. The third-order valence-electron chi connectivity index (χ3n) is 4.74. The molecule has 33 heavy (non-hydrogen) atoms. The van der Waals surface area contributed by atoms with Crippen molar-refractivity contribution in [3.05, 3.63) is 72.3 Å². The molecule has 0 heterocycles. The van der Waals surface area contributed by atoms with Crippen LogP contribution in [0.1, 0.15) is 30.6 Å². The van der Waals surface area contributed by atoms with E-state index in [1.165, 1.54) is 0 Å². The van der Waals surface area contributed by atoms with Gasteiger partial charge in [-0.05, 0) is 48.1 Å². The molecule has 0 aromatic heterocycles. The van der Waals surface area contributed by atoms with Crippen LogP contribution < -0.4 is 25.6 Å². The van der Waals surface area contributed by atoms with Gasteiger partial charge in [-0.3, -0.25) is 25.8 Å². The molecule has 0 fully saturated rings. The van der Waals surface area contributed by atoms with Crippen LogP contribution in [0.3, 0.4) is 0 Å². The lowest BCUT2D eigenvalue weighted by molar-refractivity contribution is -0.123. The molecule has 0 aliphatic rings. The maximum absolute atomic E-state index is 12.6. The Bertz CT molecular complexity index is 1130. The molecule has 0 saturated carbocycles. The summed E-state index contributed by atoms with van der Waals surface area (Å²) in [6.07, 6.45) is 0.878. The van der Waals surface area contributed by atoms with Crippen molar-refractivity contribution in [3.8, 4) is 11.5 Å². The van der Waals surface area contributed by atoms with E-state index in [4.69, 9.17) is 21.7 Å². The van der Waals surface area contributed by atoms with E-state index < -0.39 is 11.8 Å². The summed E-state index contributed by atoms with van der Waals surface area (Å²) in [5, 5.41) is 4.42. The van der Waals surface area contributed by atoms with Crippen LogP contribution in [0.15, 0.2) is 66.7 Å². The molecule has 8 heteroatoms. The first-order valence-corrected chi connectivity index (χ1v) is 11.1. The lowest BCUT2D eigenvalue weighted by atomic mass is 10.1. The van der Waals surface area contributed by atoms with Crippen LogP contribution >= 0.6 is 12.2 Å². The predicted octanol–water partition coefficient (Wildman–Crippen LogP) is 3.98. The first-order chi connectivity index (χ1) is 15.9. The van der Waals surface area contributed by atoms with Crippen LogP contribution in [0.25, 0.3) is 10.8 Å². The smallest absolute Gasteiger partial charge is 0.276 e. The molecule has 0 bridgehead atoms. The average Bonchev–Trinajstić information content (AvgIpc) is 2.81. The summed E-state index contributed by atoms with van der Waals surface area (Å²) in [5.74, 6) is 0.695. The minimum atomic E-state index is -0.447. The molecule has 7 nitrogen and oxygen atoms in total. The van der Waals surface area contributed by atoms with Crippen LogP contribution in [0, 0.1) is 5.92 Å². The second-order valence-electron chi connectivity index (χ2n) is 7.75. The Morgan fingerprint density at radius 1 is 0.879 bits per heavy atom. The van der Waals surface area contributed by atoms with Gasteiger partial charge in [0.2, 0.25) is 0 Å². The number of para-hydroxylation sites is 1. The highest BCUT2D eigenvalue weighted by molar-refractivity contribution is 7.80. The van der Waals surface area contributed by atoms with E-state index in [0.717, 1.165) is 17.2 Å². The van der Waals surface area contributed by atoms with Gasteiger partial charge in [0, 0.05) is 5.39 Å². The number of rotatable bonds is 8. The molecule has 0 spiro atoms. The lowest BCUT2D eigenvalue weighted by Crippen LogP contribution is -2.49. The van der Waals surface area contributed by atoms with E-state index in [1.54, 1.807) is 30.3 Å². The van der Waals surface area contributed by atoms with Gasteiger partial charge in [0.25, 0.3) is 11.8 Å². The second-order valence-corrected chi connectivity index (χ2v) is 8.16. The number of ether oxygens (including phenoxy) is 2. The Hall–Kier alpha value is -3.65. The van der Waals surface area contributed by atoms with Gasteiger partial charge in [0.05, 0.1) is 12.2 Å². The fourth-order valence-electron chi connectivity index (χ4n) is 3.01. The number of amides is 2. The van der Waals surface area contributed by atoms with Crippen molar-refractivity contribution in [3.63, 3.8) is 0 Å². The average molecular weight is 466 g/mol. The Morgan fingerprint density at radius 2 is 1.58 bits per heavy atom. The summed E-state index contributed by atoms with van der Waals surface area (Å²) in [6, 6.07) is 20.3. The van der Waals surface area contributed by atoms with Crippen LogP contribution in [-0.2, 0) is 4.79 Å². The molecule has 2 amide bonds. The van der Waals surface area contributed by atoms with Crippen molar-refractivity contribution in [2.45, 2.75) is 20.3 Å². The first kappa shape index (κ1) is 24.0. The standard InChI is InChI=1S/C25H27N3O4S/c1-17(2)14-15-31-22-12-6-5-11-20(22)24(30)26-25(33)28-27-23(29)16-32-21-13-7-9-18-8-3-4-10-19(18)21/h3-13,17H,14-16H2,1-2H3,(H,27,29)(H2,26,28,30,33). The van der Waals surface area contributed by atoms with Gasteiger partial charge in [-0.1, -0.05) is 62.4 Å². The zero-order chi connectivity index (χ0) is 23.6. The van der Waals surface area contributed by atoms with Crippen LogP contribution in [0.4, 0.5) is 0 Å². The minimum absolute atomic E-state index is 0.0458. The van der Waals surface area contributed by atoms with Crippen molar-refractivity contribution in [1.82, 2.24) is 16.2 Å². The zero-order valence-corrected chi connectivity index (χ0v) is 19.4. The molecule has 0 saturated heterocycles. The molecule has 3 rings (SSSR count). The Labute approximate surface area is 198 Å². The second kappa shape index (κ2) is 11.8. The first-order valence-electron chi connectivity index (χ1n) is 10.7. The molecule has 0 radical (unpaired) electrons. The summed E-state index contributed by atoms with van der Waals surface area (Å²) in [7, 11) is 0. The summed E-state index contributed by atoms with van der Waals surface area (Å²) < 4.78 is 11.4. The quantitative estimate of drug-likeness (QED) is 0.345. The molecule has 0 unspecified atom stereocenters. The molecule has 0 atom stereocenters. The van der Waals surface area contributed by atoms with Gasteiger partial charge >= 0.3 is 0 Å². The number of hydrazine groups is 1. The number of nitrogens with one attached hydrogen (secondary N) is 3. The number of thiocarbonyl (C=S) groups is 1. The van der Waals surface area contributed by atoms with Gasteiger partial charge in [-0.15, -0.1) is 0 Å². The van der Waals surface area contributed by atoms with E-state index >= 15 is 0 Å². The van der Waals surface area contributed by atoms with Crippen molar-refractivity contribution in [2.24, 2.45) is 5.92 Å². The van der Waals surface area contributed by atoms with Gasteiger partial charge in [-0.25, -0.2) is 0 Å². The van der Waals surface area contributed by atoms with E-state index in [0.29, 0.717) is 29.6 Å². The number of hydrogen-bond donors (Lipinski definition) is 3. The fourth-order valence-corrected chi connectivity index (χ4v) is 3.16. The fraction of sp³-hybridized carbons (Fsp3) is 0.240. The van der Waals surface area contributed by atoms with E-state index in [9.17, 15) is 9.59 Å². The number of carbonyl (C=O) groups is 2. The highest BCUT2D eigenvalue weighted by atomic mass is 32.1. The van der Waals surface area contributed by atoms with Crippen molar-refractivity contribution >= 4 is 39.9 Å². The van der Waals surface area contributed by atoms with E-state index in [-0.39, 0.29) is 11.7 Å². The summed E-state index contributed by atoms with van der Waals surface area (Å²) in [5.41, 5.74) is 5.29. The Kier molecular flexibility index (Phi) is 8.60. The Morgan fingerprint density at radius 3 is 2.39 bits per heavy atom. The zero-order valence-electron chi connectivity index (χ0n) is 18.6. The largest absolute Gasteiger partial charge is 0.493 e. The van der Waals surface area contributed by atoms with Gasteiger partial charge in [0.15, 0.2) is 11.7 Å². The summed E-state index contributed by atoms with van der Waals surface area (Å²) in [4.78, 5) is 24.7. The molecule has 172 valence electrons. The third kappa shape index (κ3) is 7.18. The molecule has 3 N–H and O–H groups in total. The maximum Gasteiger partial charge on any atom is 0.276 e. The van der Waals surface area contributed by atoms with Crippen molar-refractivity contribution in [2.75, 3.05) is 13.2 Å². The monoisotopic (exact) mass is 465 g/mol. The van der Waals surface area contributed by atoms with E-state index in [1.807, 2.05) is 36.4 Å². The normalized spacial score (nSPS) is 10.5. The minimum Gasteiger partial charge on any atom is -0.493 e. The van der Waals surface area contributed by atoms with Gasteiger partial charge < -0.3 is 9.47 Å². The number of benzene rings is 3. The number of carbonyl (C=O) groups excluding carboxylic acids is 2. The molecule has 3 aromatic rings. The third-order valence-corrected chi connectivity index (χ3v) is 4.94. The predicted molar refractivity (Wildman–Crippen MR) is 132 cm³/mol.